The van der Waals surface area contributed by atoms with E-state index in [-0.39, 0.29) is 5.56 Å². The molecule has 1 aromatic heterocycles. The predicted molar refractivity (Wildman–Crippen MR) is 126 cm³/mol. The highest BCUT2D eigenvalue weighted by Gasteiger charge is 2.19. The minimum absolute atomic E-state index is 0.0916. The molecular weight excluding hydrogens is 390 g/mol. The van der Waals surface area contributed by atoms with Crippen LogP contribution >= 0.6 is 0 Å². The number of hydrogen-bond donors (Lipinski definition) is 1. The smallest absolute Gasteiger partial charge is 0.248 e. The molecule has 2 heterocycles. The van der Waals surface area contributed by atoms with Crippen molar-refractivity contribution in [3.8, 4) is 11.5 Å². The Morgan fingerprint density at radius 2 is 1.74 bits per heavy atom. The average Bonchev–Trinajstić information content (AvgIpc) is 2.80. The summed E-state index contributed by atoms with van der Waals surface area (Å²) in [7, 11) is 0. The van der Waals surface area contributed by atoms with Crippen molar-refractivity contribution in [2.45, 2.75) is 19.8 Å². The molecule has 0 radical (unpaired) electrons. The van der Waals surface area contributed by atoms with Gasteiger partial charge in [-0.05, 0) is 62.0 Å². The number of benzene rings is 2. The largest absolute Gasteiger partial charge is 0.494 e. The van der Waals surface area contributed by atoms with Crippen molar-refractivity contribution in [2.24, 2.45) is 0 Å². The lowest BCUT2D eigenvalue weighted by Gasteiger charge is -2.36. The number of ether oxygens (including phenoxy) is 2. The summed E-state index contributed by atoms with van der Waals surface area (Å²) in [5.74, 6) is 1.78. The van der Waals surface area contributed by atoms with Crippen LogP contribution in [0.3, 0.4) is 0 Å². The van der Waals surface area contributed by atoms with E-state index < -0.39 is 0 Å². The molecular formula is C25H31N3O3. The molecule has 6 heteroatoms. The fraction of sp³-hybridized carbons (Fsp3) is 0.400. The monoisotopic (exact) mass is 421 g/mol. The number of fused-ring (bicyclic) bond motifs is 1. The number of nitrogens with one attached hydrogen (secondary N) is 1. The van der Waals surface area contributed by atoms with Gasteiger partial charge in [-0.25, -0.2) is 0 Å². The summed E-state index contributed by atoms with van der Waals surface area (Å²) in [6.07, 6.45) is 2.12. The van der Waals surface area contributed by atoms with Gasteiger partial charge in [-0.2, -0.15) is 0 Å². The Kier molecular flexibility index (Phi) is 7.10. The Bertz CT molecular complexity index is 1040. The van der Waals surface area contributed by atoms with E-state index in [2.05, 4.69) is 33.0 Å². The van der Waals surface area contributed by atoms with E-state index in [0.717, 1.165) is 68.0 Å². The van der Waals surface area contributed by atoms with Crippen molar-refractivity contribution >= 4 is 16.6 Å². The third-order valence-electron chi connectivity index (χ3n) is 5.71. The van der Waals surface area contributed by atoms with Gasteiger partial charge in [-0.15, -0.1) is 0 Å². The van der Waals surface area contributed by atoms with Crippen LogP contribution in [0.4, 0.5) is 5.69 Å². The Morgan fingerprint density at radius 1 is 0.935 bits per heavy atom. The van der Waals surface area contributed by atoms with E-state index in [4.69, 9.17) is 9.47 Å². The van der Waals surface area contributed by atoms with Crippen LogP contribution in [0.2, 0.25) is 0 Å². The molecule has 31 heavy (non-hydrogen) atoms. The lowest BCUT2D eigenvalue weighted by atomic mass is 10.2. The molecule has 1 N–H and O–H groups in total. The fourth-order valence-corrected chi connectivity index (χ4v) is 4.05. The van der Waals surface area contributed by atoms with Crippen LogP contribution in [0.25, 0.3) is 10.9 Å². The van der Waals surface area contributed by atoms with Crippen LogP contribution in [-0.2, 0) is 0 Å². The number of hydrogen-bond acceptors (Lipinski definition) is 5. The molecule has 0 amide bonds. The first-order valence-corrected chi connectivity index (χ1v) is 11.2. The SMILES string of the molecule is CCOc1ccccc1N1CCN(CCCCOc2ccc3ccc(=O)[nH]c3c2)CC1. The first-order valence-electron chi connectivity index (χ1n) is 11.2. The average molecular weight is 422 g/mol. The van der Waals surface area contributed by atoms with Gasteiger partial charge in [0.2, 0.25) is 5.56 Å². The van der Waals surface area contributed by atoms with Crippen molar-refractivity contribution < 1.29 is 9.47 Å². The molecule has 3 aromatic rings. The molecule has 1 aliphatic heterocycles. The van der Waals surface area contributed by atoms with Crippen LogP contribution in [0.1, 0.15) is 19.8 Å². The summed E-state index contributed by atoms with van der Waals surface area (Å²) in [5.41, 5.74) is 1.93. The van der Waals surface area contributed by atoms with Gasteiger partial charge >= 0.3 is 0 Å². The maximum absolute atomic E-state index is 11.5. The number of nitrogens with zero attached hydrogens (tertiary/aromatic N) is 2. The molecule has 0 saturated carbocycles. The molecule has 0 aliphatic carbocycles. The zero-order valence-electron chi connectivity index (χ0n) is 18.2. The maximum atomic E-state index is 11.5. The van der Waals surface area contributed by atoms with Gasteiger partial charge in [-0.1, -0.05) is 12.1 Å². The maximum Gasteiger partial charge on any atom is 0.248 e. The van der Waals surface area contributed by atoms with E-state index in [1.54, 1.807) is 6.07 Å². The fourth-order valence-electron chi connectivity index (χ4n) is 4.05. The van der Waals surface area contributed by atoms with E-state index in [1.165, 1.54) is 5.69 Å². The molecule has 1 saturated heterocycles. The summed E-state index contributed by atoms with van der Waals surface area (Å²) in [5, 5.41) is 1.01. The van der Waals surface area contributed by atoms with Crippen LogP contribution in [-0.4, -0.2) is 55.8 Å². The Hall–Kier alpha value is -2.99. The van der Waals surface area contributed by atoms with Crippen molar-refractivity contribution in [1.82, 2.24) is 9.88 Å². The lowest BCUT2D eigenvalue weighted by molar-refractivity contribution is 0.238. The first kappa shape index (κ1) is 21.2. The summed E-state index contributed by atoms with van der Waals surface area (Å²) >= 11 is 0. The van der Waals surface area contributed by atoms with Gasteiger partial charge in [0.1, 0.15) is 11.5 Å². The highest BCUT2D eigenvalue weighted by molar-refractivity contribution is 5.79. The summed E-state index contributed by atoms with van der Waals surface area (Å²) in [6.45, 7) is 8.68. The van der Waals surface area contributed by atoms with Crippen molar-refractivity contribution in [3.63, 3.8) is 0 Å². The van der Waals surface area contributed by atoms with E-state index in [9.17, 15) is 4.79 Å². The zero-order valence-corrected chi connectivity index (χ0v) is 18.2. The molecule has 0 atom stereocenters. The number of anilines is 1. The molecule has 6 nitrogen and oxygen atoms in total. The second-order valence-electron chi connectivity index (χ2n) is 7.86. The highest BCUT2D eigenvalue weighted by atomic mass is 16.5. The van der Waals surface area contributed by atoms with Gasteiger partial charge in [0.25, 0.3) is 0 Å². The third kappa shape index (κ3) is 5.58. The number of unbranched alkanes of at least 4 members (excludes halogenated alkanes) is 1. The topological polar surface area (TPSA) is 57.8 Å². The van der Waals surface area contributed by atoms with E-state index in [1.807, 2.05) is 37.3 Å². The molecule has 1 aliphatic rings. The van der Waals surface area contributed by atoms with Crippen molar-refractivity contribution in [2.75, 3.05) is 50.8 Å². The summed E-state index contributed by atoms with van der Waals surface area (Å²) in [4.78, 5) is 19.3. The normalized spacial score (nSPS) is 14.7. The van der Waals surface area contributed by atoms with Gasteiger partial charge in [0.15, 0.2) is 0 Å². The Morgan fingerprint density at radius 3 is 2.58 bits per heavy atom. The second kappa shape index (κ2) is 10.4. The van der Waals surface area contributed by atoms with E-state index in [0.29, 0.717) is 13.2 Å². The molecule has 0 spiro atoms. The number of pyridine rings is 1. The molecule has 2 aromatic carbocycles. The lowest BCUT2D eigenvalue weighted by Crippen LogP contribution is -2.46. The van der Waals surface area contributed by atoms with Gasteiger partial charge in [0, 0.05) is 38.3 Å². The first-order chi connectivity index (χ1) is 15.2. The van der Waals surface area contributed by atoms with Gasteiger partial charge < -0.3 is 19.4 Å². The second-order valence-corrected chi connectivity index (χ2v) is 7.86. The third-order valence-corrected chi connectivity index (χ3v) is 5.71. The number of H-pyrrole nitrogens is 1. The summed E-state index contributed by atoms with van der Waals surface area (Å²) in [6, 6.07) is 17.5. The minimum Gasteiger partial charge on any atom is -0.494 e. The Labute approximate surface area is 183 Å². The van der Waals surface area contributed by atoms with Crippen molar-refractivity contribution in [3.05, 3.63) is 65.0 Å². The van der Waals surface area contributed by atoms with Crippen molar-refractivity contribution in [1.29, 1.82) is 0 Å². The summed E-state index contributed by atoms with van der Waals surface area (Å²) < 4.78 is 11.7. The van der Waals surface area contributed by atoms with Crippen LogP contribution < -0.4 is 19.9 Å². The number of rotatable bonds is 9. The number of aromatic amines is 1. The zero-order chi connectivity index (χ0) is 21.5. The molecule has 1 fully saturated rings. The number of para-hydroxylation sites is 2. The van der Waals surface area contributed by atoms with Gasteiger partial charge in [-0.3, -0.25) is 9.69 Å². The van der Waals surface area contributed by atoms with Crippen LogP contribution in [0, 0.1) is 0 Å². The minimum atomic E-state index is -0.0916. The predicted octanol–water partition coefficient (Wildman–Crippen LogP) is 3.91. The molecule has 164 valence electrons. The standard InChI is InChI=1S/C25H31N3O3/c1-2-30-24-8-4-3-7-23(24)28-16-14-27(15-17-28)13-5-6-18-31-21-11-9-20-10-12-25(29)26-22(20)19-21/h3-4,7-12,19H,2,5-6,13-18H2,1H3,(H,26,29). The molecule has 0 bridgehead atoms. The number of aromatic nitrogens is 1. The van der Waals surface area contributed by atoms with E-state index >= 15 is 0 Å². The molecule has 0 unspecified atom stereocenters. The van der Waals surface area contributed by atoms with Crippen LogP contribution in [0.5, 0.6) is 11.5 Å². The highest BCUT2D eigenvalue weighted by Crippen LogP contribution is 2.28. The molecule has 4 rings (SSSR count). The van der Waals surface area contributed by atoms with Crippen LogP contribution in [0.15, 0.2) is 59.4 Å². The number of piperazine rings is 1. The Balaban J connectivity index is 1.18. The quantitative estimate of drug-likeness (QED) is 0.531. The van der Waals surface area contributed by atoms with Gasteiger partial charge in [0.05, 0.1) is 24.4 Å².